The molecule has 16 heavy (non-hydrogen) atoms. The third-order valence-electron chi connectivity index (χ3n) is 1.89. The monoisotopic (exact) mass is 307 g/mol. The summed E-state index contributed by atoms with van der Waals surface area (Å²) in [5.74, 6) is -0.569. The lowest BCUT2D eigenvalue weighted by Crippen LogP contribution is -2.25. The lowest BCUT2D eigenvalue weighted by molar-refractivity contribution is 0.626. The van der Waals surface area contributed by atoms with Gasteiger partial charge in [-0.15, -0.1) is 0 Å². The zero-order chi connectivity index (χ0) is 11.9. The third kappa shape index (κ3) is 1.72. The zero-order valence-electron chi connectivity index (χ0n) is 7.55. The smallest absolute Gasteiger partial charge is 0.247 e. The molecule has 2 rings (SSSR count). The molecule has 0 saturated heterocycles. The van der Waals surface area contributed by atoms with Crippen LogP contribution in [0.3, 0.4) is 0 Å². The molecule has 0 spiro atoms. The van der Waals surface area contributed by atoms with Crippen LogP contribution in [0.2, 0.25) is 5.02 Å². The average Bonchev–Trinajstić information content (AvgIpc) is 2.47. The molecule has 2 N–H and O–H groups in total. The van der Waals surface area contributed by atoms with Gasteiger partial charge in [-0.1, -0.05) is 11.6 Å². The Labute approximate surface area is 101 Å². The summed E-state index contributed by atoms with van der Waals surface area (Å²) in [6.07, 6.45) is 0. The van der Waals surface area contributed by atoms with Crippen LogP contribution in [0.4, 0.5) is 4.39 Å². The van der Waals surface area contributed by atoms with Gasteiger partial charge < -0.3 is 0 Å². The van der Waals surface area contributed by atoms with Crippen LogP contribution in [0.15, 0.2) is 26.2 Å². The Morgan fingerprint density at radius 1 is 1.25 bits per heavy atom. The molecular weight excluding hydrogens is 304 g/mol. The Bertz CT molecular complexity index is 609. The standard InChI is InChI=1S/C8H4BrClFN3O2/c9-4-1-3(11)2-5(10)6(4)14-7(15)12-13-8(14)16/h1-2H,(H,12,15)(H,13,16). The topological polar surface area (TPSA) is 70.7 Å². The van der Waals surface area contributed by atoms with Gasteiger partial charge in [0.15, 0.2) is 0 Å². The van der Waals surface area contributed by atoms with E-state index in [4.69, 9.17) is 11.6 Å². The summed E-state index contributed by atoms with van der Waals surface area (Å²) in [6.45, 7) is 0. The van der Waals surface area contributed by atoms with E-state index in [9.17, 15) is 14.0 Å². The van der Waals surface area contributed by atoms with Gasteiger partial charge in [0, 0.05) is 4.47 Å². The number of nitrogens with one attached hydrogen (secondary N) is 2. The van der Waals surface area contributed by atoms with Crippen molar-refractivity contribution >= 4 is 27.5 Å². The molecule has 0 aliphatic rings. The Kier molecular flexibility index (Phi) is 2.73. The van der Waals surface area contributed by atoms with Crippen LogP contribution in [-0.2, 0) is 0 Å². The summed E-state index contributed by atoms with van der Waals surface area (Å²) in [6, 6.07) is 2.13. The maximum atomic E-state index is 13.0. The Morgan fingerprint density at radius 2 is 1.81 bits per heavy atom. The molecule has 0 radical (unpaired) electrons. The first-order chi connectivity index (χ1) is 7.50. The lowest BCUT2D eigenvalue weighted by atomic mass is 10.3. The van der Waals surface area contributed by atoms with E-state index in [1.165, 1.54) is 0 Å². The van der Waals surface area contributed by atoms with E-state index in [0.717, 1.165) is 16.7 Å². The fourth-order valence-electron chi connectivity index (χ4n) is 1.26. The van der Waals surface area contributed by atoms with E-state index in [1.54, 1.807) is 0 Å². The van der Waals surface area contributed by atoms with Crippen LogP contribution in [0.1, 0.15) is 0 Å². The normalized spacial score (nSPS) is 10.7. The molecule has 84 valence electrons. The summed E-state index contributed by atoms with van der Waals surface area (Å²) in [4.78, 5) is 22.7. The first-order valence-electron chi connectivity index (χ1n) is 4.05. The van der Waals surface area contributed by atoms with Gasteiger partial charge in [0.1, 0.15) is 5.82 Å². The number of hydrogen-bond donors (Lipinski definition) is 2. The van der Waals surface area contributed by atoms with Crippen molar-refractivity contribution in [1.29, 1.82) is 0 Å². The summed E-state index contributed by atoms with van der Waals surface area (Å²) in [7, 11) is 0. The zero-order valence-corrected chi connectivity index (χ0v) is 9.89. The van der Waals surface area contributed by atoms with E-state index in [-0.39, 0.29) is 15.2 Å². The second-order valence-electron chi connectivity index (χ2n) is 2.91. The number of H-pyrrole nitrogens is 2. The molecule has 0 bridgehead atoms. The quantitative estimate of drug-likeness (QED) is 0.836. The second kappa shape index (κ2) is 3.91. The molecule has 1 aromatic heterocycles. The van der Waals surface area contributed by atoms with Gasteiger partial charge in [0.05, 0.1) is 10.7 Å². The third-order valence-corrected chi connectivity index (χ3v) is 2.78. The number of benzene rings is 1. The first kappa shape index (κ1) is 11.2. The van der Waals surface area contributed by atoms with Crippen molar-refractivity contribution in [2.45, 2.75) is 0 Å². The molecule has 8 heteroatoms. The highest BCUT2D eigenvalue weighted by Gasteiger charge is 2.14. The Balaban J connectivity index is 2.85. The number of aromatic amines is 2. The predicted octanol–water partition coefficient (Wildman–Crippen LogP) is 1.41. The summed E-state index contributed by atoms with van der Waals surface area (Å²) >= 11 is 8.81. The van der Waals surface area contributed by atoms with E-state index in [2.05, 4.69) is 26.1 Å². The maximum absolute atomic E-state index is 13.0. The van der Waals surface area contributed by atoms with Crippen LogP contribution < -0.4 is 11.4 Å². The molecule has 0 unspecified atom stereocenters. The lowest BCUT2D eigenvalue weighted by Gasteiger charge is -2.05. The van der Waals surface area contributed by atoms with Crippen molar-refractivity contribution in [3.05, 3.63) is 48.4 Å². The molecule has 2 aromatic rings. The van der Waals surface area contributed by atoms with Crippen molar-refractivity contribution in [2.24, 2.45) is 0 Å². The van der Waals surface area contributed by atoms with Gasteiger partial charge in [-0.2, -0.15) is 0 Å². The van der Waals surface area contributed by atoms with Crippen LogP contribution in [-0.4, -0.2) is 14.8 Å². The fourth-order valence-corrected chi connectivity index (χ4v) is 2.28. The highest BCUT2D eigenvalue weighted by Crippen LogP contribution is 2.28. The number of aromatic nitrogens is 3. The molecule has 1 heterocycles. The van der Waals surface area contributed by atoms with E-state index >= 15 is 0 Å². The molecule has 5 nitrogen and oxygen atoms in total. The fraction of sp³-hybridized carbons (Fsp3) is 0. The minimum absolute atomic E-state index is 0.0425. The predicted molar refractivity (Wildman–Crippen MR) is 59.7 cm³/mol. The molecule has 0 saturated carbocycles. The van der Waals surface area contributed by atoms with Crippen molar-refractivity contribution in [3.63, 3.8) is 0 Å². The molecule has 0 amide bonds. The van der Waals surface area contributed by atoms with Gasteiger partial charge in [0.2, 0.25) is 0 Å². The van der Waals surface area contributed by atoms with Crippen LogP contribution in [0, 0.1) is 5.82 Å². The van der Waals surface area contributed by atoms with E-state index < -0.39 is 17.2 Å². The van der Waals surface area contributed by atoms with Gasteiger partial charge in [-0.3, -0.25) is 0 Å². The van der Waals surface area contributed by atoms with Crippen molar-refractivity contribution < 1.29 is 4.39 Å². The van der Waals surface area contributed by atoms with E-state index in [0.29, 0.717) is 0 Å². The number of halogens is 3. The number of rotatable bonds is 1. The van der Waals surface area contributed by atoms with Gasteiger partial charge in [0.25, 0.3) is 0 Å². The van der Waals surface area contributed by atoms with Gasteiger partial charge in [-0.05, 0) is 28.1 Å². The first-order valence-corrected chi connectivity index (χ1v) is 5.22. The molecular formula is C8H4BrClFN3O2. The molecule has 1 aromatic carbocycles. The summed E-state index contributed by atoms with van der Waals surface area (Å²) < 4.78 is 13.9. The Hall–Kier alpha value is -1.34. The largest absolute Gasteiger partial charge is 0.349 e. The average molecular weight is 308 g/mol. The maximum Gasteiger partial charge on any atom is 0.349 e. The van der Waals surface area contributed by atoms with Crippen LogP contribution in [0.25, 0.3) is 5.69 Å². The molecule has 0 atom stereocenters. The summed E-state index contributed by atoms with van der Waals surface area (Å²) in [5.41, 5.74) is -1.27. The van der Waals surface area contributed by atoms with Crippen molar-refractivity contribution in [3.8, 4) is 5.69 Å². The van der Waals surface area contributed by atoms with Gasteiger partial charge in [-0.25, -0.2) is 28.7 Å². The van der Waals surface area contributed by atoms with Gasteiger partial charge >= 0.3 is 11.4 Å². The van der Waals surface area contributed by atoms with Crippen molar-refractivity contribution in [1.82, 2.24) is 14.8 Å². The SMILES string of the molecule is O=c1[nH][nH]c(=O)n1-c1c(Cl)cc(F)cc1Br. The van der Waals surface area contributed by atoms with Crippen molar-refractivity contribution in [2.75, 3.05) is 0 Å². The molecule has 0 fully saturated rings. The molecule has 0 aliphatic carbocycles. The number of hydrogen-bond acceptors (Lipinski definition) is 2. The second-order valence-corrected chi connectivity index (χ2v) is 4.18. The number of nitrogens with zero attached hydrogens (tertiary/aromatic N) is 1. The van der Waals surface area contributed by atoms with E-state index in [1.807, 2.05) is 0 Å². The molecule has 0 aliphatic heterocycles. The highest BCUT2D eigenvalue weighted by atomic mass is 79.9. The summed E-state index contributed by atoms with van der Waals surface area (Å²) in [5, 5.41) is 4.16. The highest BCUT2D eigenvalue weighted by molar-refractivity contribution is 9.10. The van der Waals surface area contributed by atoms with Crippen LogP contribution in [0.5, 0.6) is 0 Å². The Morgan fingerprint density at radius 3 is 2.31 bits per heavy atom. The minimum Gasteiger partial charge on any atom is -0.247 e. The van der Waals surface area contributed by atoms with Crippen LogP contribution >= 0.6 is 27.5 Å². The minimum atomic E-state index is -0.681.